The van der Waals surface area contributed by atoms with E-state index in [-0.39, 0.29) is 30.6 Å². The molecule has 0 bridgehead atoms. The summed E-state index contributed by atoms with van der Waals surface area (Å²) in [5.41, 5.74) is 1.70. The molecular formula is C21H25Cl3FN3OS. The standard InChI is InChI=1S/C21H23ClFN3OS.2ClH/c22-16-4-5-18-20(11-16)28-21(24)26(18)12-14-6-8-25(9-7-14)13-19(27)15-2-1-3-17(23)10-15;;/h1-5,10-11,14,19,24,27H,6-9,12-13H2;2*1H/t19-;;/m0../s1. The van der Waals surface area contributed by atoms with Crippen molar-refractivity contribution < 1.29 is 9.50 Å². The molecule has 1 aliphatic rings. The van der Waals surface area contributed by atoms with Crippen LogP contribution in [0.25, 0.3) is 10.2 Å². The third kappa shape index (κ3) is 5.75. The highest BCUT2D eigenvalue weighted by Crippen LogP contribution is 2.26. The van der Waals surface area contributed by atoms with Crippen LogP contribution < -0.4 is 4.80 Å². The Morgan fingerprint density at radius 2 is 1.90 bits per heavy atom. The number of aliphatic hydroxyl groups excluding tert-OH is 1. The van der Waals surface area contributed by atoms with Gasteiger partial charge in [-0.3, -0.25) is 5.41 Å². The Morgan fingerprint density at radius 1 is 1.17 bits per heavy atom. The van der Waals surface area contributed by atoms with Crippen molar-refractivity contribution >= 4 is 58.0 Å². The van der Waals surface area contributed by atoms with E-state index in [0.717, 1.165) is 42.7 Å². The number of hydrogen-bond acceptors (Lipinski definition) is 4. The minimum atomic E-state index is -0.674. The second-order valence-electron chi connectivity index (χ2n) is 7.44. The Hall–Kier alpha value is -1.15. The molecule has 2 heterocycles. The number of β-amino-alcohol motifs (C(OH)–C–C–N with tert-alkyl or cyclic N) is 1. The summed E-state index contributed by atoms with van der Waals surface area (Å²) in [5, 5.41) is 19.4. The molecule has 1 atom stereocenters. The van der Waals surface area contributed by atoms with Gasteiger partial charge in [0.05, 0.1) is 16.3 Å². The van der Waals surface area contributed by atoms with Crippen molar-refractivity contribution in [3.8, 4) is 0 Å². The van der Waals surface area contributed by atoms with Crippen LogP contribution in [0.4, 0.5) is 4.39 Å². The molecule has 0 saturated carbocycles. The largest absolute Gasteiger partial charge is 0.387 e. The number of aromatic nitrogens is 1. The van der Waals surface area contributed by atoms with E-state index < -0.39 is 6.10 Å². The lowest BCUT2D eigenvalue weighted by atomic mass is 9.96. The first-order valence-corrected chi connectivity index (χ1v) is 10.7. The third-order valence-electron chi connectivity index (χ3n) is 5.48. The molecule has 1 aliphatic heterocycles. The van der Waals surface area contributed by atoms with Gasteiger partial charge in [-0.05, 0) is 67.7 Å². The number of aliphatic hydroxyl groups is 1. The molecule has 9 heteroatoms. The zero-order valence-electron chi connectivity index (χ0n) is 16.3. The van der Waals surface area contributed by atoms with Crippen molar-refractivity contribution in [3.63, 3.8) is 0 Å². The van der Waals surface area contributed by atoms with Crippen molar-refractivity contribution in [3.05, 3.63) is 63.7 Å². The maximum absolute atomic E-state index is 13.4. The molecule has 30 heavy (non-hydrogen) atoms. The quantitative estimate of drug-likeness (QED) is 0.510. The molecule has 4 nitrogen and oxygen atoms in total. The highest BCUT2D eigenvalue weighted by atomic mass is 35.5. The van der Waals surface area contributed by atoms with E-state index >= 15 is 0 Å². The van der Waals surface area contributed by atoms with Crippen molar-refractivity contribution in [2.24, 2.45) is 5.92 Å². The molecule has 4 rings (SSSR count). The fraction of sp³-hybridized carbons (Fsp3) is 0.381. The first-order valence-electron chi connectivity index (χ1n) is 9.49. The second-order valence-corrected chi connectivity index (χ2v) is 8.91. The van der Waals surface area contributed by atoms with Crippen LogP contribution in [0.3, 0.4) is 0 Å². The Morgan fingerprint density at radius 3 is 2.60 bits per heavy atom. The highest BCUT2D eigenvalue weighted by molar-refractivity contribution is 7.16. The number of likely N-dealkylation sites (tertiary alicyclic amines) is 1. The molecule has 1 fully saturated rings. The molecule has 0 unspecified atom stereocenters. The summed E-state index contributed by atoms with van der Waals surface area (Å²) in [5.74, 6) is 0.188. The first kappa shape index (κ1) is 25.1. The van der Waals surface area contributed by atoms with Gasteiger partial charge in [-0.25, -0.2) is 4.39 Å². The van der Waals surface area contributed by atoms with E-state index in [0.29, 0.717) is 27.9 Å². The summed E-state index contributed by atoms with van der Waals surface area (Å²) in [6.45, 7) is 3.16. The van der Waals surface area contributed by atoms with Gasteiger partial charge in [-0.2, -0.15) is 0 Å². The van der Waals surface area contributed by atoms with Gasteiger partial charge in [-0.15, -0.1) is 24.8 Å². The average Bonchev–Trinajstić information content (AvgIpc) is 2.97. The number of nitrogens with one attached hydrogen (secondary N) is 1. The minimum Gasteiger partial charge on any atom is -0.387 e. The highest BCUT2D eigenvalue weighted by Gasteiger charge is 2.23. The van der Waals surface area contributed by atoms with Gasteiger partial charge in [0.15, 0.2) is 4.80 Å². The maximum atomic E-state index is 13.4. The van der Waals surface area contributed by atoms with Crippen LogP contribution in [0, 0.1) is 17.1 Å². The van der Waals surface area contributed by atoms with Crippen molar-refractivity contribution in [1.29, 1.82) is 5.41 Å². The predicted molar refractivity (Wildman–Crippen MR) is 126 cm³/mol. The fourth-order valence-corrected chi connectivity index (χ4v) is 5.11. The van der Waals surface area contributed by atoms with Gasteiger partial charge < -0.3 is 14.6 Å². The summed E-state index contributed by atoms with van der Waals surface area (Å²) >= 11 is 7.53. The summed E-state index contributed by atoms with van der Waals surface area (Å²) in [6, 6.07) is 12.0. The van der Waals surface area contributed by atoms with E-state index in [2.05, 4.69) is 9.47 Å². The van der Waals surface area contributed by atoms with Crippen LogP contribution in [0.15, 0.2) is 42.5 Å². The Bertz CT molecular complexity index is 1030. The predicted octanol–water partition coefficient (Wildman–Crippen LogP) is 5.26. The monoisotopic (exact) mass is 491 g/mol. The molecule has 1 aromatic heterocycles. The molecule has 3 aromatic rings. The maximum Gasteiger partial charge on any atom is 0.182 e. The number of halogens is 4. The number of piperidine rings is 1. The van der Waals surface area contributed by atoms with Crippen LogP contribution in [-0.2, 0) is 6.54 Å². The van der Waals surface area contributed by atoms with Crippen LogP contribution in [-0.4, -0.2) is 34.2 Å². The minimum absolute atomic E-state index is 0. The second kappa shape index (κ2) is 10.9. The molecule has 0 radical (unpaired) electrons. The van der Waals surface area contributed by atoms with Crippen LogP contribution in [0.5, 0.6) is 0 Å². The third-order valence-corrected chi connectivity index (χ3v) is 6.67. The van der Waals surface area contributed by atoms with Gasteiger partial charge >= 0.3 is 0 Å². The SMILES string of the molecule is Cl.Cl.N=c1sc2cc(Cl)ccc2n1CC1CCN(C[C@H](O)c2cccc(F)c2)CC1. The number of nitrogens with zero attached hydrogens (tertiary/aromatic N) is 2. The lowest BCUT2D eigenvalue weighted by molar-refractivity contribution is 0.0865. The van der Waals surface area contributed by atoms with Gasteiger partial charge in [0.1, 0.15) is 5.82 Å². The van der Waals surface area contributed by atoms with Crippen molar-refractivity contribution in [1.82, 2.24) is 9.47 Å². The number of benzene rings is 2. The van der Waals surface area contributed by atoms with E-state index in [4.69, 9.17) is 17.0 Å². The zero-order chi connectivity index (χ0) is 19.7. The molecule has 0 spiro atoms. The molecule has 2 N–H and O–H groups in total. The number of fused-ring (bicyclic) bond motifs is 1. The Labute approximate surface area is 196 Å². The lowest BCUT2D eigenvalue weighted by Gasteiger charge is -2.33. The van der Waals surface area contributed by atoms with Gasteiger partial charge in [0.2, 0.25) is 0 Å². The van der Waals surface area contributed by atoms with Crippen LogP contribution in [0.2, 0.25) is 5.02 Å². The van der Waals surface area contributed by atoms with Crippen molar-refractivity contribution in [2.75, 3.05) is 19.6 Å². The molecule has 0 aliphatic carbocycles. The van der Waals surface area contributed by atoms with E-state index in [1.807, 2.05) is 18.2 Å². The lowest BCUT2D eigenvalue weighted by Crippen LogP contribution is -2.38. The first-order chi connectivity index (χ1) is 13.5. The Kier molecular flexibility index (Phi) is 9.15. The molecule has 0 amide bonds. The number of rotatable bonds is 5. The van der Waals surface area contributed by atoms with Crippen LogP contribution >= 0.6 is 47.8 Å². The summed E-state index contributed by atoms with van der Waals surface area (Å²) < 4.78 is 16.5. The summed E-state index contributed by atoms with van der Waals surface area (Å²) in [7, 11) is 0. The number of thiazole rings is 1. The molecular weight excluding hydrogens is 468 g/mol. The molecule has 2 aromatic carbocycles. The summed E-state index contributed by atoms with van der Waals surface area (Å²) in [6.07, 6.45) is 1.37. The fourth-order valence-electron chi connectivity index (χ4n) is 3.92. The Balaban J connectivity index is 0.00000160. The van der Waals surface area contributed by atoms with Gasteiger partial charge in [0.25, 0.3) is 0 Å². The number of hydrogen-bond donors (Lipinski definition) is 2. The van der Waals surface area contributed by atoms with Crippen molar-refractivity contribution in [2.45, 2.75) is 25.5 Å². The summed E-state index contributed by atoms with van der Waals surface area (Å²) in [4.78, 5) is 2.80. The van der Waals surface area contributed by atoms with E-state index in [9.17, 15) is 9.50 Å². The van der Waals surface area contributed by atoms with E-state index in [1.165, 1.54) is 23.5 Å². The normalized spacial score (nSPS) is 16.1. The van der Waals surface area contributed by atoms with Gasteiger partial charge in [-0.1, -0.05) is 35.1 Å². The topological polar surface area (TPSA) is 52.2 Å². The van der Waals surface area contributed by atoms with Gasteiger partial charge in [0, 0.05) is 18.1 Å². The average molecular weight is 493 g/mol. The molecule has 164 valence electrons. The van der Waals surface area contributed by atoms with E-state index in [1.54, 1.807) is 12.1 Å². The zero-order valence-corrected chi connectivity index (χ0v) is 19.5. The molecule has 1 saturated heterocycles. The van der Waals surface area contributed by atoms with Crippen LogP contribution in [0.1, 0.15) is 24.5 Å². The smallest absolute Gasteiger partial charge is 0.182 e.